The van der Waals surface area contributed by atoms with Gasteiger partial charge < -0.3 is 32.7 Å². The van der Waals surface area contributed by atoms with Crippen LogP contribution < -0.4 is 0 Å². The number of alkyl halides is 3. The largest absolute Gasteiger partial charge is 0.534 e. The summed E-state index contributed by atoms with van der Waals surface area (Å²) >= 11 is 0. The normalized spacial score (nSPS) is 34.7. The summed E-state index contributed by atoms with van der Waals surface area (Å²) in [5, 5.41) is 0. The van der Waals surface area contributed by atoms with Crippen LogP contribution in [0.25, 0.3) is 0 Å². The Morgan fingerprint density at radius 1 is 0.708 bits per heavy atom. The highest BCUT2D eigenvalue weighted by Gasteiger charge is 2.73. The fourth-order valence-electron chi connectivity index (χ4n) is 11.8. The van der Waals surface area contributed by atoms with Crippen LogP contribution in [0.15, 0.2) is 50.3 Å². The number of hydrogen-bond acceptors (Lipinski definition) is 11. The zero-order valence-corrected chi connectivity index (χ0v) is 39.5. The Morgan fingerprint density at radius 3 is 1.48 bits per heavy atom. The van der Waals surface area contributed by atoms with E-state index in [1.54, 1.807) is 26.8 Å². The van der Waals surface area contributed by atoms with Crippen molar-refractivity contribution in [2.45, 2.75) is 158 Å². The maximum atomic E-state index is 13.9. The molecule has 0 aromatic carbocycles. The van der Waals surface area contributed by atoms with Crippen molar-refractivity contribution in [3.63, 3.8) is 0 Å². The maximum absolute atomic E-state index is 13.9. The van der Waals surface area contributed by atoms with Crippen LogP contribution in [0, 0.1) is 56.2 Å². The molecule has 0 radical (unpaired) electrons. The molecular formula is C50H79F3O11S. The minimum Gasteiger partial charge on any atom is -0.381 e. The Balaban J connectivity index is 0.000000421. The van der Waals surface area contributed by atoms with Crippen LogP contribution in [0.2, 0.25) is 0 Å². The van der Waals surface area contributed by atoms with Crippen molar-refractivity contribution in [2.24, 2.45) is 56.2 Å². The number of rotatable bonds is 14. The average Bonchev–Trinajstić information content (AvgIpc) is 4.05. The van der Waals surface area contributed by atoms with Crippen LogP contribution in [0.1, 0.15) is 141 Å². The van der Waals surface area contributed by atoms with E-state index in [0.717, 1.165) is 32.0 Å². The molecule has 0 aromatic heterocycles. The van der Waals surface area contributed by atoms with Crippen molar-refractivity contribution in [3.05, 3.63) is 50.3 Å². The second-order valence-electron chi connectivity index (χ2n) is 19.9. The molecule has 2 spiro atoms. The second kappa shape index (κ2) is 20.7. The first-order valence-electron chi connectivity index (χ1n) is 22.3. The number of ether oxygens (including phenoxy) is 4. The van der Waals surface area contributed by atoms with Crippen LogP contribution in [-0.4, -0.2) is 76.1 Å². The molecule has 6 fully saturated rings. The van der Waals surface area contributed by atoms with Crippen molar-refractivity contribution >= 4 is 34.3 Å². The minimum atomic E-state index is -5.96. The van der Waals surface area contributed by atoms with Crippen molar-refractivity contribution in [1.29, 1.82) is 0 Å². The number of carbonyl (C=O) groups excluding carboxylic acids is 4. The highest BCUT2D eigenvalue weighted by molar-refractivity contribution is 7.87. The number of carbonyl (C=O) groups is 4. The van der Waals surface area contributed by atoms with Crippen molar-refractivity contribution in [3.8, 4) is 0 Å². The molecule has 6 aliphatic rings. The molecule has 2 heterocycles. The van der Waals surface area contributed by atoms with E-state index in [1.807, 2.05) is 13.0 Å². The summed E-state index contributed by atoms with van der Waals surface area (Å²) in [5.74, 6) is -3.80. The summed E-state index contributed by atoms with van der Waals surface area (Å²) in [4.78, 5) is 50.8. The second-order valence-corrected chi connectivity index (χ2v) is 21.4. The van der Waals surface area contributed by atoms with Gasteiger partial charge in [0.1, 0.15) is 29.9 Å². The molecular weight excluding hydrogens is 866 g/mol. The van der Waals surface area contributed by atoms with E-state index in [-0.39, 0.29) is 94.9 Å². The lowest BCUT2D eigenvalue weighted by atomic mass is 9.49. The Morgan fingerprint density at radius 2 is 1.09 bits per heavy atom. The van der Waals surface area contributed by atoms with E-state index in [0.29, 0.717) is 25.9 Å². The molecule has 2 aliphatic heterocycles. The molecule has 6 rings (SSSR count). The lowest BCUT2D eigenvalue weighted by Gasteiger charge is -2.56. The van der Waals surface area contributed by atoms with Gasteiger partial charge in [0.15, 0.2) is 11.6 Å². The average molecular weight is 945 g/mol. The lowest BCUT2D eigenvalue weighted by Crippen LogP contribution is -2.59. The molecule has 0 bridgehead atoms. The van der Waals surface area contributed by atoms with Crippen molar-refractivity contribution in [2.75, 3.05) is 26.4 Å². The van der Waals surface area contributed by atoms with Crippen LogP contribution in [0.5, 0.6) is 0 Å². The molecule has 11 nitrogen and oxygen atoms in total. The third-order valence-corrected chi connectivity index (χ3v) is 16.9. The number of Topliss-reactive ketones (excluding diaryl/α,β-unsaturated/α-hetero) is 2. The summed E-state index contributed by atoms with van der Waals surface area (Å²) in [7, 11) is -5.96. The molecule has 10 atom stereocenters. The SMILES string of the molecule is C.C.C=C[C@](C)(C=O)CC(=O)[C@@]1(C)C2C3(CC[C@]2(C(=C)OS(=O)(=O)C(F)(F)F)CC[C@H]1C)OCCO3.C=C[C@](C)(C=O)CC(=O)[C@@]1(C)C2C3(CC[C@]2(C=C)CC[C@H]1C)OCCO3.CCC. The first-order chi connectivity index (χ1) is 29.2. The Bertz CT molecular complexity index is 1870. The molecule has 4 saturated carbocycles. The molecule has 15 heteroatoms. The number of fused-ring (bicyclic) bond motifs is 4. The van der Waals surface area contributed by atoms with Gasteiger partial charge >= 0.3 is 15.6 Å². The van der Waals surface area contributed by atoms with E-state index < -0.39 is 66.0 Å². The number of ketones is 2. The predicted octanol–water partition coefficient (Wildman–Crippen LogP) is 11.1. The standard InChI is InChI=1S/C23H31F3O7S.C22H32O4.C3H8.2CH4/c1-6-19(4,14-27)13-17(28)20(5)15(2)7-8-21(16(3)33-34(29,30)23(24,25)26)9-10-22(18(20)21)31-11-12-32-22;1-6-19(4,15-23)14-17(24)20(5)16(3)8-9-21(7-2)10-11-22(18(20)21)25-12-13-26-22;1-3-2;;/h6,14-15,18H,1,3,7-13H2,2,4-5H3;6-7,15-16,18H,1-2,8-14H2,3-5H3;3H2,1-2H3;2*1H4/t15-,18?,19+,20+,21+;16-,18?,19+,20+,21+;;;/m11.../s1. The zero-order chi connectivity index (χ0) is 47.7. The summed E-state index contributed by atoms with van der Waals surface area (Å²) in [6.45, 7) is 32.1. The van der Waals surface area contributed by atoms with Gasteiger partial charge in [0.25, 0.3) is 0 Å². The van der Waals surface area contributed by atoms with E-state index in [4.69, 9.17) is 18.9 Å². The maximum Gasteiger partial charge on any atom is 0.534 e. The van der Waals surface area contributed by atoms with Gasteiger partial charge in [0.05, 0.1) is 26.4 Å². The highest BCUT2D eigenvalue weighted by atomic mass is 32.2. The molecule has 4 aliphatic carbocycles. The third kappa shape index (κ3) is 9.97. The molecule has 0 amide bonds. The van der Waals surface area contributed by atoms with Crippen LogP contribution >= 0.6 is 0 Å². The minimum absolute atomic E-state index is 0. The lowest BCUT2D eigenvalue weighted by molar-refractivity contribution is -0.237. The number of aldehydes is 2. The summed E-state index contributed by atoms with van der Waals surface area (Å²) in [6.07, 6.45) is 12.5. The summed E-state index contributed by atoms with van der Waals surface area (Å²) < 4.78 is 91.8. The third-order valence-electron chi connectivity index (χ3n) is 15.9. The van der Waals surface area contributed by atoms with Gasteiger partial charge in [-0.2, -0.15) is 21.6 Å². The van der Waals surface area contributed by atoms with E-state index in [2.05, 4.69) is 58.2 Å². The van der Waals surface area contributed by atoms with Gasteiger partial charge in [0.2, 0.25) is 0 Å². The molecule has 65 heavy (non-hydrogen) atoms. The van der Waals surface area contributed by atoms with Gasteiger partial charge in [-0.25, -0.2) is 0 Å². The van der Waals surface area contributed by atoms with Crippen molar-refractivity contribution < 1.29 is 63.9 Å². The fourth-order valence-corrected chi connectivity index (χ4v) is 12.4. The monoisotopic (exact) mass is 945 g/mol. The molecule has 2 saturated heterocycles. The first kappa shape index (κ1) is 58.1. The van der Waals surface area contributed by atoms with E-state index in [9.17, 15) is 40.8 Å². The van der Waals surface area contributed by atoms with Crippen molar-refractivity contribution in [1.82, 2.24) is 0 Å². The first-order valence-corrected chi connectivity index (χ1v) is 23.7. The zero-order valence-electron chi connectivity index (χ0n) is 38.7. The smallest absolute Gasteiger partial charge is 0.381 e. The van der Waals surface area contributed by atoms with Gasteiger partial charge in [-0.3, -0.25) is 9.59 Å². The number of hydrogen-bond donors (Lipinski definition) is 0. The highest BCUT2D eigenvalue weighted by Crippen LogP contribution is 2.70. The van der Waals surface area contributed by atoms with Gasteiger partial charge in [-0.15, -0.1) is 19.7 Å². The number of halogens is 3. The molecule has 372 valence electrons. The van der Waals surface area contributed by atoms with Gasteiger partial charge in [0, 0.05) is 64.6 Å². The van der Waals surface area contributed by atoms with E-state index in [1.165, 1.54) is 12.5 Å². The number of allylic oxidation sites excluding steroid dienone is 4. The van der Waals surface area contributed by atoms with Crippen LogP contribution in [0.4, 0.5) is 13.2 Å². The fraction of sp³-hybridized carbons (Fsp3) is 0.760. The topological polar surface area (TPSA) is 149 Å². The molecule has 0 N–H and O–H groups in total. The quantitative estimate of drug-likeness (QED) is 0.0538. The Hall–Kier alpha value is -2.98. The molecule has 0 aromatic rings. The molecule has 2 unspecified atom stereocenters. The predicted molar refractivity (Wildman–Crippen MR) is 245 cm³/mol. The summed E-state index contributed by atoms with van der Waals surface area (Å²) in [5.41, 5.74) is -10.9. The Labute approximate surface area is 387 Å². The summed E-state index contributed by atoms with van der Waals surface area (Å²) in [6, 6.07) is 0. The Kier molecular flexibility index (Phi) is 18.5. The van der Waals surface area contributed by atoms with Crippen LogP contribution in [-0.2, 0) is 52.4 Å². The van der Waals surface area contributed by atoms with E-state index >= 15 is 0 Å². The van der Waals surface area contributed by atoms with Gasteiger partial charge in [-0.1, -0.05) is 87.6 Å². The van der Waals surface area contributed by atoms with Gasteiger partial charge in [-0.05, 0) is 69.6 Å². The van der Waals surface area contributed by atoms with Crippen LogP contribution in [0.3, 0.4) is 0 Å².